The van der Waals surface area contributed by atoms with Crippen LogP contribution in [-0.2, 0) is 16.4 Å². The third-order valence-corrected chi connectivity index (χ3v) is 3.79. The summed E-state index contributed by atoms with van der Waals surface area (Å²) in [7, 11) is -2.97. The molecule has 0 radical (unpaired) electrons. The van der Waals surface area contributed by atoms with E-state index in [-0.39, 0.29) is 23.9 Å². The highest BCUT2D eigenvalue weighted by atomic mass is 35.5. The molecule has 0 unspecified atom stereocenters. The molecule has 80 valence electrons. The van der Waals surface area contributed by atoms with Gasteiger partial charge in [-0.15, -0.1) is 0 Å². The average molecular weight is 238 g/mol. The predicted molar refractivity (Wildman–Crippen MR) is 56.0 cm³/mol. The molecule has 0 atom stereocenters. The zero-order valence-electron chi connectivity index (χ0n) is 7.77. The van der Waals surface area contributed by atoms with Crippen LogP contribution in [0.25, 0.3) is 0 Å². The van der Waals surface area contributed by atoms with Crippen LogP contribution in [0.4, 0.5) is 5.82 Å². The number of nitrogen functional groups attached to an aromatic ring is 1. The van der Waals surface area contributed by atoms with E-state index in [9.17, 15) is 8.42 Å². The fourth-order valence-electron chi connectivity index (χ4n) is 0.903. The van der Waals surface area contributed by atoms with Crippen LogP contribution in [0.5, 0.6) is 0 Å². The molecule has 0 amide bonds. The summed E-state index contributed by atoms with van der Waals surface area (Å²) >= 11 is 5.66. The summed E-state index contributed by atoms with van der Waals surface area (Å²) in [6, 6.07) is 0. The van der Waals surface area contributed by atoms with Crippen LogP contribution in [0.1, 0.15) is 6.92 Å². The number of sulfone groups is 1. The monoisotopic (exact) mass is 237 g/mol. The highest BCUT2D eigenvalue weighted by Gasteiger charge is 2.09. The Balaban J connectivity index is 2.63. The fraction of sp³-hybridized carbons (Fsp3) is 0.571. The number of rotatable bonds is 4. The van der Waals surface area contributed by atoms with Gasteiger partial charge in [-0.2, -0.15) is 5.10 Å². The van der Waals surface area contributed by atoms with Gasteiger partial charge in [0.25, 0.3) is 0 Å². The molecule has 1 aromatic heterocycles. The zero-order valence-corrected chi connectivity index (χ0v) is 9.35. The number of hydrogen-bond acceptors (Lipinski definition) is 4. The van der Waals surface area contributed by atoms with Crippen molar-refractivity contribution in [1.29, 1.82) is 0 Å². The molecule has 0 aliphatic carbocycles. The highest BCUT2D eigenvalue weighted by molar-refractivity contribution is 7.91. The Morgan fingerprint density at radius 2 is 2.29 bits per heavy atom. The Morgan fingerprint density at radius 3 is 2.71 bits per heavy atom. The van der Waals surface area contributed by atoms with E-state index in [1.54, 1.807) is 6.92 Å². The molecule has 0 aliphatic heterocycles. The number of aryl methyl sites for hydroxylation is 1. The molecule has 0 aliphatic rings. The fourth-order valence-corrected chi connectivity index (χ4v) is 1.81. The second kappa shape index (κ2) is 4.18. The number of halogens is 1. The molecule has 0 saturated heterocycles. The van der Waals surface area contributed by atoms with E-state index in [1.807, 2.05) is 0 Å². The van der Waals surface area contributed by atoms with E-state index in [4.69, 9.17) is 17.3 Å². The highest BCUT2D eigenvalue weighted by Crippen LogP contribution is 2.14. The predicted octanol–water partition coefficient (Wildman–Crippen LogP) is 0.553. The Hall–Kier alpha value is -0.750. The van der Waals surface area contributed by atoms with Crippen molar-refractivity contribution >= 4 is 27.3 Å². The van der Waals surface area contributed by atoms with E-state index >= 15 is 0 Å². The quantitative estimate of drug-likeness (QED) is 0.830. The first-order chi connectivity index (χ1) is 6.44. The van der Waals surface area contributed by atoms with Gasteiger partial charge in [-0.25, -0.2) is 8.42 Å². The maximum absolute atomic E-state index is 11.2. The molecule has 1 aromatic rings. The topological polar surface area (TPSA) is 78.0 Å². The molecule has 0 spiro atoms. The maximum atomic E-state index is 11.2. The molecule has 0 aromatic carbocycles. The van der Waals surface area contributed by atoms with E-state index < -0.39 is 9.84 Å². The van der Waals surface area contributed by atoms with Gasteiger partial charge in [0, 0.05) is 11.9 Å². The zero-order chi connectivity index (χ0) is 10.8. The minimum atomic E-state index is -2.97. The van der Waals surface area contributed by atoms with Crippen LogP contribution in [0.3, 0.4) is 0 Å². The van der Waals surface area contributed by atoms with Crippen molar-refractivity contribution < 1.29 is 8.42 Å². The Labute approximate surface area is 87.8 Å². The van der Waals surface area contributed by atoms with Gasteiger partial charge in [0.1, 0.15) is 5.02 Å². The first kappa shape index (κ1) is 11.3. The normalized spacial score (nSPS) is 11.9. The van der Waals surface area contributed by atoms with Gasteiger partial charge in [-0.3, -0.25) is 4.68 Å². The summed E-state index contributed by atoms with van der Waals surface area (Å²) < 4.78 is 23.8. The van der Waals surface area contributed by atoms with Gasteiger partial charge in [-0.1, -0.05) is 18.5 Å². The molecule has 0 bridgehead atoms. The van der Waals surface area contributed by atoms with Gasteiger partial charge < -0.3 is 5.73 Å². The summed E-state index contributed by atoms with van der Waals surface area (Å²) in [5, 5.41) is 4.19. The minimum Gasteiger partial charge on any atom is -0.381 e. The minimum absolute atomic E-state index is 0.0565. The van der Waals surface area contributed by atoms with Crippen molar-refractivity contribution in [3.8, 4) is 0 Å². The second-order valence-electron chi connectivity index (χ2n) is 2.86. The van der Waals surface area contributed by atoms with Crippen molar-refractivity contribution in [1.82, 2.24) is 9.78 Å². The molecule has 14 heavy (non-hydrogen) atoms. The largest absolute Gasteiger partial charge is 0.381 e. The van der Waals surface area contributed by atoms with Gasteiger partial charge in [0.15, 0.2) is 15.7 Å². The van der Waals surface area contributed by atoms with E-state index in [0.717, 1.165) is 0 Å². The van der Waals surface area contributed by atoms with E-state index in [0.29, 0.717) is 5.02 Å². The van der Waals surface area contributed by atoms with Crippen LogP contribution < -0.4 is 5.73 Å². The standard InChI is InChI=1S/C7H12ClN3O2S/c1-2-14(12,13)4-3-11-5-6(8)7(9)10-11/h5H,2-4H2,1H3,(H2,9,10). The number of aromatic nitrogens is 2. The molecule has 1 heterocycles. The lowest BCUT2D eigenvalue weighted by molar-refractivity contribution is 0.582. The van der Waals surface area contributed by atoms with Crippen molar-refractivity contribution in [2.45, 2.75) is 13.5 Å². The Bertz CT molecular complexity index is 393. The summed E-state index contributed by atoms with van der Waals surface area (Å²) in [4.78, 5) is 0. The molecule has 5 nitrogen and oxygen atoms in total. The van der Waals surface area contributed by atoms with Crippen molar-refractivity contribution in [2.24, 2.45) is 0 Å². The van der Waals surface area contributed by atoms with Gasteiger partial charge in [-0.05, 0) is 0 Å². The second-order valence-corrected chi connectivity index (χ2v) is 5.74. The van der Waals surface area contributed by atoms with Crippen LogP contribution in [0.2, 0.25) is 5.02 Å². The molecular formula is C7H12ClN3O2S. The smallest absolute Gasteiger partial charge is 0.164 e. The lowest BCUT2D eigenvalue weighted by Gasteiger charge is -2.00. The van der Waals surface area contributed by atoms with Gasteiger partial charge in [0.05, 0.1) is 12.3 Å². The Morgan fingerprint density at radius 1 is 1.64 bits per heavy atom. The SMILES string of the molecule is CCS(=O)(=O)CCn1cc(Cl)c(N)n1. The number of hydrogen-bond donors (Lipinski definition) is 1. The lowest BCUT2D eigenvalue weighted by atomic mass is 10.6. The first-order valence-electron chi connectivity index (χ1n) is 4.13. The molecule has 2 N–H and O–H groups in total. The Kier molecular flexibility index (Phi) is 3.38. The maximum Gasteiger partial charge on any atom is 0.164 e. The summed E-state index contributed by atoms with van der Waals surface area (Å²) in [6.07, 6.45) is 1.52. The van der Waals surface area contributed by atoms with E-state index in [1.165, 1.54) is 10.9 Å². The van der Waals surface area contributed by atoms with Crippen LogP contribution in [-0.4, -0.2) is 29.7 Å². The van der Waals surface area contributed by atoms with Gasteiger partial charge >= 0.3 is 0 Å². The number of anilines is 1. The third kappa shape index (κ3) is 2.88. The van der Waals surface area contributed by atoms with Crippen LogP contribution in [0, 0.1) is 0 Å². The molecule has 0 saturated carbocycles. The first-order valence-corrected chi connectivity index (χ1v) is 6.33. The van der Waals surface area contributed by atoms with Crippen LogP contribution in [0.15, 0.2) is 6.20 Å². The summed E-state index contributed by atoms with van der Waals surface area (Å²) in [5.74, 6) is 0.416. The summed E-state index contributed by atoms with van der Waals surface area (Å²) in [6.45, 7) is 1.90. The molecule has 1 rings (SSSR count). The molecular weight excluding hydrogens is 226 g/mol. The van der Waals surface area contributed by atoms with Crippen molar-refractivity contribution in [3.05, 3.63) is 11.2 Å². The summed E-state index contributed by atoms with van der Waals surface area (Å²) in [5.41, 5.74) is 5.40. The number of nitrogens with two attached hydrogens (primary N) is 1. The van der Waals surface area contributed by atoms with Crippen molar-refractivity contribution in [2.75, 3.05) is 17.2 Å². The molecule has 7 heteroatoms. The number of nitrogens with zero attached hydrogens (tertiary/aromatic N) is 2. The lowest BCUT2D eigenvalue weighted by Crippen LogP contribution is -2.15. The average Bonchev–Trinajstić information content (AvgIpc) is 2.44. The van der Waals surface area contributed by atoms with E-state index in [2.05, 4.69) is 5.10 Å². The third-order valence-electron chi connectivity index (χ3n) is 1.81. The van der Waals surface area contributed by atoms with Crippen molar-refractivity contribution in [3.63, 3.8) is 0 Å². The molecule has 0 fully saturated rings. The van der Waals surface area contributed by atoms with Crippen LogP contribution >= 0.6 is 11.6 Å². The van der Waals surface area contributed by atoms with Gasteiger partial charge in [0.2, 0.25) is 0 Å².